The number of hydrogen-bond donors (Lipinski definition) is 0. The monoisotopic (exact) mass is 449 g/mol. The molecule has 1 aromatic carbocycles. The molecule has 9 heteroatoms. The molecule has 0 spiro atoms. The van der Waals surface area contributed by atoms with Gasteiger partial charge in [0.05, 0.1) is 30.2 Å². The number of hydrogen-bond acceptors (Lipinski definition) is 6. The van der Waals surface area contributed by atoms with Gasteiger partial charge in [0.1, 0.15) is 0 Å². The van der Waals surface area contributed by atoms with Gasteiger partial charge in [0, 0.05) is 45.8 Å². The minimum absolute atomic E-state index is 0.0471. The molecule has 3 aliphatic rings. The standard InChI is InChI=1S/C23H30F3N5O/c24-23(25,26)18-7-9-31(16-18)22-21(27-19-5-1-2-6-20(19)28-22)30-8-3-4-17(15-30)14-29-10-12-32-13-11-29/h1-2,5-6,17-18H,3-4,7-16H2/t17-,18-/m0/s1. The first kappa shape index (κ1) is 21.7. The Hall–Kier alpha value is -2.13. The topological polar surface area (TPSA) is 44.7 Å². The van der Waals surface area contributed by atoms with E-state index in [1.165, 1.54) is 0 Å². The fourth-order valence-electron chi connectivity index (χ4n) is 5.18. The first-order valence-electron chi connectivity index (χ1n) is 11.6. The van der Waals surface area contributed by atoms with Crippen LogP contribution in [0.25, 0.3) is 11.0 Å². The van der Waals surface area contributed by atoms with Crippen LogP contribution in [0.5, 0.6) is 0 Å². The molecule has 6 nitrogen and oxygen atoms in total. The van der Waals surface area contributed by atoms with Gasteiger partial charge in [-0.1, -0.05) is 12.1 Å². The molecule has 4 heterocycles. The lowest BCUT2D eigenvalue weighted by Gasteiger charge is -2.38. The summed E-state index contributed by atoms with van der Waals surface area (Å²) in [5.74, 6) is 0.532. The molecule has 0 saturated carbocycles. The zero-order chi connectivity index (χ0) is 22.1. The number of piperidine rings is 1. The Kier molecular flexibility index (Phi) is 6.11. The van der Waals surface area contributed by atoms with Gasteiger partial charge in [-0.15, -0.1) is 0 Å². The van der Waals surface area contributed by atoms with Gasteiger partial charge in [0.15, 0.2) is 11.6 Å². The fourth-order valence-corrected chi connectivity index (χ4v) is 5.18. The average Bonchev–Trinajstić information content (AvgIpc) is 3.30. The molecule has 3 fully saturated rings. The average molecular weight is 450 g/mol. The summed E-state index contributed by atoms with van der Waals surface area (Å²) in [6.45, 7) is 6.54. The maximum absolute atomic E-state index is 13.3. The third kappa shape index (κ3) is 4.64. The first-order chi connectivity index (χ1) is 15.5. The number of alkyl halides is 3. The Labute approximate surface area is 186 Å². The minimum atomic E-state index is -4.17. The number of anilines is 2. The van der Waals surface area contributed by atoms with Crippen molar-refractivity contribution in [2.75, 3.05) is 68.8 Å². The highest BCUT2D eigenvalue weighted by molar-refractivity contribution is 5.81. The summed E-state index contributed by atoms with van der Waals surface area (Å²) < 4.78 is 45.5. The summed E-state index contributed by atoms with van der Waals surface area (Å²) in [6, 6.07) is 7.62. The second kappa shape index (κ2) is 9.02. The van der Waals surface area contributed by atoms with Gasteiger partial charge in [-0.3, -0.25) is 4.90 Å². The Morgan fingerprint density at radius 2 is 1.53 bits per heavy atom. The maximum Gasteiger partial charge on any atom is 0.393 e. The van der Waals surface area contributed by atoms with Crippen molar-refractivity contribution in [2.24, 2.45) is 11.8 Å². The summed E-state index contributed by atoms with van der Waals surface area (Å²) in [4.78, 5) is 16.2. The summed E-state index contributed by atoms with van der Waals surface area (Å²) in [5.41, 5.74) is 1.51. The van der Waals surface area contributed by atoms with E-state index in [2.05, 4.69) is 9.80 Å². The van der Waals surface area contributed by atoms with E-state index in [9.17, 15) is 13.2 Å². The number of para-hydroxylation sites is 2. The highest BCUT2D eigenvalue weighted by Crippen LogP contribution is 2.38. The van der Waals surface area contributed by atoms with Crippen LogP contribution in [0.2, 0.25) is 0 Å². The van der Waals surface area contributed by atoms with Crippen LogP contribution in [0.4, 0.5) is 24.8 Å². The lowest BCUT2D eigenvalue weighted by atomic mass is 9.97. The van der Waals surface area contributed by atoms with E-state index in [0.29, 0.717) is 18.3 Å². The van der Waals surface area contributed by atoms with Crippen LogP contribution in [-0.2, 0) is 4.74 Å². The van der Waals surface area contributed by atoms with Crippen molar-refractivity contribution in [1.82, 2.24) is 14.9 Å². The zero-order valence-corrected chi connectivity index (χ0v) is 18.2. The van der Waals surface area contributed by atoms with Gasteiger partial charge in [0.2, 0.25) is 0 Å². The van der Waals surface area contributed by atoms with E-state index >= 15 is 0 Å². The van der Waals surface area contributed by atoms with E-state index in [1.807, 2.05) is 24.3 Å². The number of benzene rings is 1. The zero-order valence-electron chi connectivity index (χ0n) is 18.2. The van der Waals surface area contributed by atoms with Crippen LogP contribution < -0.4 is 9.80 Å². The van der Waals surface area contributed by atoms with Gasteiger partial charge in [-0.05, 0) is 37.3 Å². The van der Waals surface area contributed by atoms with Crippen molar-refractivity contribution < 1.29 is 17.9 Å². The van der Waals surface area contributed by atoms with Crippen molar-refractivity contribution in [1.29, 1.82) is 0 Å². The SMILES string of the molecule is FC(F)(F)[C@H]1CCN(c2nc3ccccc3nc2N2CCC[C@@H](CN3CCOCC3)C2)C1. The molecule has 2 atom stereocenters. The molecule has 3 saturated heterocycles. The fraction of sp³-hybridized carbons (Fsp3) is 0.652. The quantitative estimate of drug-likeness (QED) is 0.711. The number of halogens is 3. The summed E-state index contributed by atoms with van der Waals surface area (Å²) in [6.07, 6.45) is -1.86. The molecule has 0 bridgehead atoms. The number of fused-ring (bicyclic) bond motifs is 1. The second-order valence-corrected chi connectivity index (χ2v) is 9.20. The molecule has 32 heavy (non-hydrogen) atoms. The largest absolute Gasteiger partial charge is 0.393 e. The van der Waals surface area contributed by atoms with Crippen LogP contribution in [0.3, 0.4) is 0 Å². The maximum atomic E-state index is 13.3. The molecular weight excluding hydrogens is 419 g/mol. The van der Waals surface area contributed by atoms with Crippen molar-refractivity contribution >= 4 is 22.7 Å². The number of rotatable bonds is 4. The molecule has 0 unspecified atom stereocenters. The van der Waals surface area contributed by atoms with E-state index in [-0.39, 0.29) is 13.0 Å². The third-order valence-corrected chi connectivity index (χ3v) is 6.92. The molecule has 0 radical (unpaired) electrons. The van der Waals surface area contributed by atoms with Crippen molar-refractivity contribution in [3.05, 3.63) is 24.3 Å². The van der Waals surface area contributed by atoms with Crippen LogP contribution in [0.1, 0.15) is 19.3 Å². The summed E-state index contributed by atoms with van der Waals surface area (Å²) in [7, 11) is 0. The molecule has 174 valence electrons. The van der Waals surface area contributed by atoms with E-state index in [4.69, 9.17) is 14.7 Å². The van der Waals surface area contributed by atoms with E-state index in [0.717, 1.165) is 75.6 Å². The molecule has 0 amide bonds. The Bertz CT molecular complexity index is 933. The van der Waals surface area contributed by atoms with E-state index < -0.39 is 12.1 Å². The highest BCUT2D eigenvalue weighted by atomic mass is 19.4. The number of ether oxygens (including phenoxy) is 1. The molecular formula is C23H30F3N5O. The Morgan fingerprint density at radius 1 is 0.875 bits per heavy atom. The van der Waals surface area contributed by atoms with Gasteiger partial charge in [0.25, 0.3) is 0 Å². The van der Waals surface area contributed by atoms with Crippen LogP contribution >= 0.6 is 0 Å². The Balaban J connectivity index is 1.41. The van der Waals surface area contributed by atoms with Gasteiger partial charge >= 0.3 is 6.18 Å². The van der Waals surface area contributed by atoms with Gasteiger partial charge in [-0.2, -0.15) is 13.2 Å². The lowest BCUT2D eigenvalue weighted by molar-refractivity contribution is -0.168. The van der Waals surface area contributed by atoms with E-state index in [1.54, 1.807) is 4.90 Å². The predicted molar refractivity (Wildman–Crippen MR) is 118 cm³/mol. The van der Waals surface area contributed by atoms with Crippen molar-refractivity contribution in [3.8, 4) is 0 Å². The highest BCUT2D eigenvalue weighted by Gasteiger charge is 2.44. The van der Waals surface area contributed by atoms with Crippen LogP contribution in [0.15, 0.2) is 24.3 Å². The number of nitrogens with zero attached hydrogens (tertiary/aromatic N) is 5. The van der Waals surface area contributed by atoms with Gasteiger partial charge < -0.3 is 14.5 Å². The predicted octanol–water partition coefficient (Wildman–Crippen LogP) is 3.57. The first-order valence-corrected chi connectivity index (χ1v) is 11.6. The molecule has 1 aromatic heterocycles. The molecule has 0 N–H and O–H groups in total. The minimum Gasteiger partial charge on any atom is -0.379 e. The second-order valence-electron chi connectivity index (χ2n) is 9.20. The van der Waals surface area contributed by atoms with Crippen molar-refractivity contribution in [3.63, 3.8) is 0 Å². The molecule has 3 aliphatic heterocycles. The van der Waals surface area contributed by atoms with Crippen molar-refractivity contribution in [2.45, 2.75) is 25.4 Å². The molecule has 0 aliphatic carbocycles. The Morgan fingerprint density at radius 3 is 2.16 bits per heavy atom. The molecule has 5 rings (SSSR count). The van der Waals surface area contributed by atoms with Crippen LogP contribution in [-0.4, -0.2) is 80.1 Å². The summed E-state index contributed by atoms with van der Waals surface area (Å²) in [5, 5.41) is 0. The molecule has 2 aromatic rings. The van der Waals surface area contributed by atoms with Crippen LogP contribution in [0, 0.1) is 11.8 Å². The number of aromatic nitrogens is 2. The third-order valence-electron chi connectivity index (χ3n) is 6.92. The van der Waals surface area contributed by atoms with Gasteiger partial charge in [-0.25, -0.2) is 9.97 Å². The summed E-state index contributed by atoms with van der Waals surface area (Å²) >= 11 is 0. The normalized spacial score (nSPS) is 25.6. The lowest BCUT2D eigenvalue weighted by Crippen LogP contribution is -2.45. The smallest absolute Gasteiger partial charge is 0.379 e. The number of morpholine rings is 1.